The number of nitrogens with two attached hydrogens (primary N) is 3. The van der Waals surface area contributed by atoms with Gasteiger partial charge in [0.15, 0.2) is 5.96 Å². The number of hydrogen-bond acceptors (Lipinski definition) is 23. The van der Waals surface area contributed by atoms with Crippen LogP contribution in [0.2, 0.25) is 0 Å². The highest BCUT2D eigenvalue weighted by atomic mass is 32.2. The summed E-state index contributed by atoms with van der Waals surface area (Å²) in [4.78, 5) is 266. The van der Waals surface area contributed by atoms with Crippen molar-refractivity contribution in [1.82, 2.24) is 93.4 Å². The van der Waals surface area contributed by atoms with E-state index in [1.165, 1.54) is 52.2 Å². The number of nitrogens with zero attached hydrogens (tertiary/aromatic N) is 5. The molecule has 4 aliphatic rings. The lowest BCUT2D eigenvalue weighted by molar-refractivity contribution is -0.149. The second-order valence-electron chi connectivity index (χ2n) is 35.6. The summed E-state index contributed by atoms with van der Waals surface area (Å²) in [6, 6.07) is -0.787. The number of likely N-dealkylation sites (N-methyl/N-ethyl adjacent to an activating group) is 2. The number of aliphatic hydroxyl groups is 2. The van der Waals surface area contributed by atoms with E-state index in [-0.39, 0.29) is 102 Å². The van der Waals surface area contributed by atoms with E-state index in [9.17, 15) is 58.5 Å². The van der Waals surface area contributed by atoms with Crippen LogP contribution in [-0.4, -0.2) is 306 Å². The summed E-state index contributed by atoms with van der Waals surface area (Å²) in [6.45, 7) is 7.24. The molecular formula is C92H129N23O20S. The Labute approximate surface area is 791 Å². The number of unbranched alkanes of at least 4 members (excludes halogenated alkanes) is 2. The molecule has 9 rings (SSSR count). The fraction of sp³-hybridized carbons (Fsp3) is 0.533. The third-order valence-corrected chi connectivity index (χ3v) is 25.2. The summed E-state index contributed by atoms with van der Waals surface area (Å²) < 4.78 is 0. The number of allylic oxidation sites excluding steroid dienone is 1. The van der Waals surface area contributed by atoms with E-state index in [4.69, 9.17) is 22.6 Å². The monoisotopic (exact) mass is 1910 g/mol. The van der Waals surface area contributed by atoms with Gasteiger partial charge in [0, 0.05) is 124 Å². The van der Waals surface area contributed by atoms with Gasteiger partial charge >= 0.3 is 0 Å². The minimum absolute atomic E-state index is 0.0126. The Bertz CT molecular complexity index is 5230. The summed E-state index contributed by atoms with van der Waals surface area (Å²) in [6.07, 6.45) is 4.59. The van der Waals surface area contributed by atoms with Crippen LogP contribution in [-0.2, 0) is 101 Å². The van der Waals surface area contributed by atoms with E-state index in [1.54, 1.807) is 87.1 Å². The number of fused-ring (bicyclic) bond motifs is 4. The molecule has 0 aliphatic carbocycles. The zero-order valence-electron chi connectivity index (χ0n) is 77.7. The number of guanidine groups is 1. The SMILES string of the molecule is CCCC[C@H]1C(=O)N(C)[C@@H](CCCC)C(=O)N[C@@H](CCCNC(=N)N)C(=O)NC(C(=O)NCC(N)=O)CSCC(=O)N[C@@H](Cc2ccc(O)cc2)C(=O)NC(C)(C)C(=O)N[C@@H](CC(N)=O)C(=O)N2CCC[C@H]2C(=O)N[C@@H](CC2=CCC=N2)C(=O)N[C@@H](CC(C)C)C(=O)N2C[C@H](O)C[C@H]2C(=O)NC(Cc2c[nH]c3ccccc23)C(=O)N[C@@H](CO)C(=O)N[C@@H](Cc2c[nH]c3ccccc23)C(=O)N1C. The van der Waals surface area contributed by atoms with Crippen LogP contribution in [0.5, 0.6) is 5.75 Å². The highest BCUT2D eigenvalue weighted by molar-refractivity contribution is 8.00. The van der Waals surface area contributed by atoms with E-state index in [0.717, 1.165) is 31.4 Å². The molecular weight excluding hydrogens is 1780 g/mol. The quantitative estimate of drug-likeness (QED) is 0.0160. The minimum Gasteiger partial charge on any atom is -0.508 e. The molecule has 6 heterocycles. The van der Waals surface area contributed by atoms with Crippen LogP contribution in [0.1, 0.15) is 155 Å². The first kappa shape index (κ1) is 106. The van der Waals surface area contributed by atoms with Crippen LogP contribution in [0.4, 0.5) is 0 Å². The molecule has 4 aliphatic heterocycles. The van der Waals surface area contributed by atoms with Crippen LogP contribution in [0.3, 0.4) is 0 Å². The standard InChI is InChI=1S/C92H129N23O20S/c1-9-11-26-70-83(128)103-61(25-18-34-98-91(95)96)78(123)109-69(77(122)101-45-75(94)120)48-136-49-76(121)102-62(37-51-29-31-55(117)32-30-51)82(127)111-92(5,6)90(135)110-67(42-74(93)119)87(132)114-35-19-28-71(114)84(129)105-64(40-54-20-17-33-97-54)80(125)106-65(36-50(3)4)88(133)115-46-56(118)41-73(115)85(130)104-63(38-52-43-99-59-23-15-13-21-57(52)59)79(124)108-68(47-116)81(126)107-66(39-53-44-100-60-24-16-14-22-58(53)60)86(131)113(8)72(27-12-10-2)89(134)112(70)7/h13-16,20-24,29-33,43-44,50,56,61-73,99-100,116-118H,9-12,17-19,25-28,34-42,45-49H2,1-8H3,(H2,93,119)(H2,94,120)(H,101,122)(H,102,121)(H,103,128)(H,104,130)(H,105,129)(H,106,125)(H,107,126)(H,108,124)(H,109,123)(H,110,135)(H,111,127)(H4,95,96,98)/t56-,61+,62+,63?,64+,65+,66+,67+,68+,69?,70+,71+,72+,73+/m1/s1. The number of primary amides is 2. The first-order valence-corrected chi connectivity index (χ1v) is 46.9. The van der Waals surface area contributed by atoms with Crippen molar-refractivity contribution in [2.45, 2.75) is 247 Å². The number of carbonyl (C=O) groups is 17. The Morgan fingerprint density at radius 3 is 1.73 bits per heavy atom. The van der Waals surface area contributed by atoms with Gasteiger partial charge in [-0.3, -0.25) is 91.9 Å². The van der Waals surface area contributed by atoms with Crippen LogP contribution in [0.25, 0.3) is 21.8 Å². The maximum atomic E-state index is 15.8. The van der Waals surface area contributed by atoms with Gasteiger partial charge in [0.25, 0.3) is 0 Å². The molecule has 17 amide bonds. The number of H-pyrrole nitrogens is 2. The second kappa shape index (κ2) is 50.2. The number of aromatic nitrogens is 2. The topological polar surface area (TPSA) is 654 Å². The largest absolute Gasteiger partial charge is 0.508 e. The molecule has 3 aromatic carbocycles. The van der Waals surface area contributed by atoms with E-state index in [2.05, 4.69) is 78.8 Å². The van der Waals surface area contributed by atoms with E-state index in [1.807, 2.05) is 13.8 Å². The Balaban J connectivity index is 1.10. The third kappa shape index (κ3) is 29.7. The van der Waals surface area contributed by atoms with Crippen LogP contribution in [0.15, 0.2) is 102 Å². The lowest BCUT2D eigenvalue weighted by Gasteiger charge is -2.36. The average Bonchev–Trinajstić information content (AvgIpc) is 1.75. The van der Waals surface area contributed by atoms with Gasteiger partial charge in [0.05, 0.1) is 31.4 Å². The molecule has 3 saturated heterocycles. The molecule has 136 heavy (non-hydrogen) atoms. The van der Waals surface area contributed by atoms with Gasteiger partial charge < -0.3 is 126 Å². The number of hydrogen-bond donors (Lipinski definition) is 21. The molecule has 5 aromatic rings. The molecule has 43 nitrogen and oxygen atoms in total. The van der Waals surface area contributed by atoms with Gasteiger partial charge in [-0.15, -0.1) is 11.8 Å². The highest BCUT2D eigenvalue weighted by Crippen LogP contribution is 2.29. The Kier molecular flexibility index (Phi) is 39.2. The maximum absolute atomic E-state index is 15.8. The number of aliphatic imine (C=N–C) groups is 1. The number of carbonyl (C=O) groups excluding carboxylic acids is 17. The number of aliphatic hydroxyl groups excluding tert-OH is 2. The van der Waals surface area contributed by atoms with Crippen LogP contribution < -0.4 is 81.0 Å². The average molecular weight is 1910 g/mol. The van der Waals surface area contributed by atoms with E-state index < -0.39 is 234 Å². The van der Waals surface area contributed by atoms with Crippen LogP contribution in [0, 0.1) is 11.3 Å². The summed E-state index contributed by atoms with van der Waals surface area (Å²) in [7, 11) is 2.69. The fourth-order valence-corrected chi connectivity index (χ4v) is 17.7. The Hall–Kier alpha value is -13.5. The second-order valence-corrected chi connectivity index (χ2v) is 36.6. The number of phenols is 1. The number of benzene rings is 3. The van der Waals surface area contributed by atoms with Gasteiger partial charge in [-0.2, -0.15) is 0 Å². The number of para-hydroxylation sites is 2. The van der Waals surface area contributed by atoms with Crippen LogP contribution >= 0.6 is 11.8 Å². The molecule has 2 aromatic heterocycles. The summed E-state index contributed by atoms with van der Waals surface area (Å²) >= 11 is 0.754. The molecule has 738 valence electrons. The maximum Gasteiger partial charge on any atom is 0.246 e. The zero-order chi connectivity index (χ0) is 99.4. The molecule has 0 spiro atoms. The minimum atomic E-state index is -2.02. The molecule has 3 fully saturated rings. The Morgan fingerprint density at radius 1 is 0.581 bits per heavy atom. The number of amides is 17. The third-order valence-electron chi connectivity index (χ3n) is 24.2. The van der Waals surface area contributed by atoms with Crippen molar-refractivity contribution in [1.29, 1.82) is 5.41 Å². The molecule has 24 N–H and O–H groups in total. The van der Waals surface area contributed by atoms with Gasteiger partial charge in [-0.05, 0) is 106 Å². The van der Waals surface area contributed by atoms with E-state index in [0.29, 0.717) is 76.3 Å². The smallest absolute Gasteiger partial charge is 0.246 e. The number of thioether (sulfide) groups is 1. The molecule has 14 atom stereocenters. The predicted octanol–water partition coefficient (Wildman–Crippen LogP) is -2.10. The van der Waals surface area contributed by atoms with Gasteiger partial charge in [0.2, 0.25) is 100 Å². The Morgan fingerprint density at radius 2 is 1.13 bits per heavy atom. The normalized spacial score (nSPS) is 24.9. The fourth-order valence-electron chi connectivity index (χ4n) is 16.8. The molecule has 0 saturated carbocycles. The highest BCUT2D eigenvalue weighted by Gasteiger charge is 2.47. The van der Waals surface area contributed by atoms with Crippen molar-refractivity contribution in [3.05, 3.63) is 114 Å². The first-order chi connectivity index (χ1) is 64.7. The molecule has 44 heteroatoms. The van der Waals surface area contributed by atoms with Gasteiger partial charge in [-0.1, -0.05) is 108 Å². The summed E-state index contributed by atoms with van der Waals surface area (Å²) in [5.41, 5.74) is 17.8. The molecule has 2 unspecified atom stereocenters. The first-order valence-electron chi connectivity index (χ1n) is 45.8. The number of phenolic OH excluding ortho intramolecular Hbond substituents is 1. The number of aromatic hydroxyl groups is 1. The number of rotatable bonds is 26. The van der Waals surface area contributed by atoms with Crippen molar-refractivity contribution < 1.29 is 96.8 Å². The van der Waals surface area contributed by atoms with Crippen molar-refractivity contribution in [2.75, 3.05) is 58.4 Å². The molecule has 0 bridgehead atoms. The van der Waals surface area contributed by atoms with Crippen molar-refractivity contribution in [2.24, 2.45) is 28.1 Å². The molecule has 0 radical (unpaired) electrons. The van der Waals surface area contributed by atoms with Gasteiger partial charge in [0.1, 0.15) is 89.8 Å². The zero-order valence-corrected chi connectivity index (χ0v) is 78.6. The lowest BCUT2D eigenvalue weighted by atomic mass is 9.99. The number of aromatic amines is 2. The summed E-state index contributed by atoms with van der Waals surface area (Å²) in [5, 5.41) is 73.7. The van der Waals surface area contributed by atoms with Gasteiger partial charge in [-0.25, -0.2) is 0 Å². The van der Waals surface area contributed by atoms with E-state index >= 15 is 38.4 Å². The lowest BCUT2D eigenvalue weighted by Crippen LogP contribution is -2.63. The predicted molar refractivity (Wildman–Crippen MR) is 503 cm³/mol. The number of nitrogens with one attached hydrogen (secondary N) is 15. The van der Waals surface area contributed by atoms with Crippen molar-refractivity contribution >= 4 is 146 Å². The summed E-state index contributed by atoms with van der Waals surface area (Å²) in [5.74, 6) is -18.2. The van der Waals surface area contributed by atoms with Crippen molar-refractivity contribution in [3.8, 4) is 5.75 Å². The van der Waals surface area contributed by atoms with Crippen molar-refractivity contribution in [3.63, 3.8) is 0 Å².